The molecule has 26 heavy (non-hydrogen) atoms. The van der Waals surface area contributed by atoms with Gasteiger partial charge in [0, 0.05) is 12.6 Å². The normalized spacial score (nSPS) is 12.3. The SMILES string of the molecule is CCOC(=O)CC(=O)c1cc(CCC(C)CNC(=O)OC(C)(C)C)no1. The van der Waals surface area contributed by atoms with Crippen molar-refractivity contribution in [1.29, 1.82) is 0 Å². The summed E-state index contributed by atoms with van der Waals surface area (Å²) in [6, 6.07) is 1.54. The first-order chi connectivity index (χ1) is 12.1. The number of amides is 1. The van der Waals surface area contributed by atoms with E-state index in [9.17, 15) is 14.4 Å². The predicted molar refractivity (Wildman–Crippen MR) is 93.8 cm³/mol. The number of hydrogen-bond acceptors (Lipinski definition) is 7. The minimum absolute atomic E-state index is 0.0487. The van der Waals surface area contributed by atoms with Crippen molar-refractivity contribution in [3.8, 4) is 0 Å². The molecule has 0 saturated heterocycles. The van der Waals surface area contributed by atoms with Crippen molar-refractivity contribution in [3.05, 3.63) is 17.5 Å². The maximum absolute atomic E-state index is 11.9. The van der Waals surface area contributed by atoms with E-state index in [2.05, 4.69) is 10.5 Å². The van der Waals surface area contributed by atoms with E-state index < -0.39 is 23.4 Å². The van der Waals surface area contributed by atoms with Gasteiger partial charge in [0.15, 0.2) is 0 Å². The zero-order valence-electron chi connectivity index (χ0n) is 16.1. The van der Waals surface area contributed by atoms with Crippen LogP contribution < -0.4 is 5.32 Å². The maximum Gasteiger partial charge on any atom is 0.407 e. The summed E-state index contributed by atoms with van der Waals surface area (Å²) in [5.41, 5.74) is 0.0990. The summed E-state index contributed by atoms with van der Waals surface area (Å²) >= 11 is 0. The average molecular weight is 368 g/mol. The van der Waals surface area contributed by atoms with E-state index in [4.69, 9.17) is 14.0 Å². The lowest BCUT2D eigenvalue weighted by atomic mass is 10.0. The molecule has 0 saturated carbocycles. The largest absolute Gasteiger partial charge is 0.466 e. The summed E-state index contributed by atoms with van der Waals surface area (Å²) in [5, 5.41) is 6.57. The molecule has 1 amide bonds. The first-order valence-electron chi connectivity index (χ1n) is 8.72. The van der Waals surface area contributed by atoms with Crippen LogP contribution in [0.25, 0.3) is 0 Å². The standard InChI is InChI=1S/C18H28N2O6/c1-6-24-16(22)10-14(21)15-9-13(20-26-15)8-7-12(2)11-19-17(23)25-18(3,4)5/h9,12H,6-8,10-11H2,1-5H3,(H,19,23). The summed E-state index contributed by atoms with van der Waals surface area (Å²) in [5.74, 6) is -0.801. The molecule has 1 N–H and O–H groups in total. The van der Waals surface area contributed by atoms with E-state index in [1.807, 2.05) is 6.92 Å². The second-order valence-electron chi connectivity index (χ2n) is 7.11. The molecule has 1 aromatic heterocycles. The molecule has 0 fully saturated rings. The third-order valence-electron chi connectivity index (χ3n) is 3.33. The van der Waals surface area contributed by atoms with Crippen molar-refractivity contribution < 1.29 is 28.4 Å². The Bertz CT molecular complexity index is 617. The highest BCUT2D eigenvalue weighted by Gasteiger charge is 2.19. The van der Waals surface area contributed by atoms with E-state index in [0.717, 1.165) is 6.42 Å². The Morgan fingerprint density at radius 1 is 1.31 bits per heavy atom. The van der Waals surface area contributed by atoms with Crippen molar-refractivity contribution >= 4 is 17.8 Å². The number of rotatable bonds is 9. The molecule has 1 unspecified atom stereocenters. The fraction of sp³-hybridized carbons (Fsp3) is 0.667. The van der Waals surface area contributed by atoms with Gasteiger partial charge in [-0.25, -0.2) is 4.79 Å². The van der Waals surface area contributed by atoms with Gasteiger partial charge in [0.25, 0.3) is 0 Å². The number of esters is 1. The third kappa shape index (κ3) is 8.64. The minimum Gasteiger partial charge on any atom is -0.466 e. The van der Waals surface area contributed by atoms with E-state index in [1.165, 1.54) is 6.07 Å². The minimum atomic E-state index is -0.586. The zero-order chi connectivity index (χ0) is 19.7. The maximum atomic E-state index is 11.9. The number of hydrogen-bond donors (Lipinski definition) is 1. The van der Waals surface area contributed by atoms with Gasteiger partial charge in [0.05, 0.1) is 12.3 Å². The van der Waals surface area contributed by atoms with Gasteiger partial charge < -0.3 is 19.3 Å². The molecule has 0 aromatic carbocycles. The number of ether oxygens (including phenoxy) is 2. The van der Waals surface area contributed by atoms with Crippen molar-refractivity contribution in [3.63, 3.8) is 0 Å². The molecule has 1 rings (SSSR count). The van der Waals surface area contributed by atoms with Crippen LogP contribution >= 0.6 is 0 Å². The van der Waals surface area contributed by atoms with Crippen molar-refractivity contribution in [2.75, 3.05) is 13.2 Å². The number of carbonyl (C=O) groups is 3. The number of carbonyl (C=O) groups excluding carboxylic acids is 3. The Hall–Kier alpha value is -2.38. The Morgan fingerprint density at radius 3 is 2.62 bits per heavy atom. The molecule has 0 aliphatic rings. The molecule has 8 heteroatoms. The number of alkyl carbamates (subject to hydrolysis) is 1. The Morgan fingerprint density at radius 2 is 2.00 bits per heavy atom. The highest BCUT2D eigenvalue weighted by Crippen LogP contribution is 2.12. The number of Topliss-reactive ketones (excluding diaryl/α,β-unsaturated/α-hetero) is 1. The summed E-state index contributed by atoms with van der Waals surface area (Å²) in [4.78, 5) is 34.8. The fourth-order valence-corrected chi connectivity index (χ4v) is 2.06. The lowest BCUT2D eigenvalue weighted by Crippen LogP contribution is -2.34. The van der Waals surface area contributed by atoms with Crippen LogP contribution in [0.1, 0.15) is 63.7 Å². The summed E-state index contributed by atoms with van der Waals surface area (Å²) in [7, 11) is 0. The number of aryl methyl sites for hydroxylation is 1. The lowest BCUT2D eigenvalue weighted by molar-refractivity contribution is -0.142. The van der Waals surface area contributed by atoms with Crippen LogP contribution in [0.15, 0.2) is 10.6 Å². The number of aromatic nitrogens is 1. The van der Waals surface area contributed by atoms with Crippen LogP contribution in [0.4, 0.5) is 4.79 Å². The first kappa shape index (κ1) is 21.7. The molecule has 0 radical (unpaired) electrons. The van der Waals surface area contributed by atoms with Crippen LogP contribution in [0.2, 0.25) is 0 Å². The summed E-state index contributed by atoms with van der Waals surface area (Å²) < 4.78 is 14.9. The molecule has 1 atom stereocenters. The van der Waals surface area contributed by atoms with E-state index in [0.29, 0.717) is 18.7 Å². The first-order valence-corrected chi connectivity index (χ1v) is 8.72. The molecular weight excluding hydrogens is 340 g/mol. The molecular formula is C18H28N2O6. The van der Waals surface area contributed by atoms with Gasteiger partial charge in [-0.1, -0.05) is 12.1 Å². The highest BCUT2D eigenvalue weighted by molar-refractivity contribution is 6.04. The topological polar surface area (TPSA) is 108 Å². The monoisotopic (exact) mass is 368 g/mol. The Labute approximate surface area is 153 Å². The molecule has 0 aliphatic heterocycles. The fourth-order valence-electron chi connectivity index (χ4n) is 2.06. The number of nitrogens with zero attached hydrogens (tertiary/aromatic N) is 1. The molecule has 0 aliphatic carbocycles. The van der Waals surface area contributed by atoms with Crippen LogP contribution in [-0.2, 0) is 20.7 Å². The third-order valence-corrected chi connectivity index (χ3v) is 3.33. The summed E-state index contributed by atoms with van der Waals surface area (Å²) in [6.07, 6.45) is 0.525. The van der Waals surface area contributed by atoms with Crippen LogP contribution in [-0.4, -0.2) is 41.8 Å². The smallest absolute Gasteiger partial charge is 0.407 e. The summed E-state index contributed by atoms with van der Waals surface area (Å²) in [6.45, 7) is 9.78. The average Bonchev–Trinajstić information content (AvgIpc) is 2.98. The van der Waals surface area contributed by atoms with Crippen LogP contribution in [0, 0.1) is 5.92 Å². The van der Waals surface area contributed by atoms with Gasteiger partial charge in [-0.05, 0) is 46.5 Å². The molecule has 1 heterocycles. The predicted octanol–water partition coefficient (Wildman–Crippen LogP) is 2.90. The second kappa shape index (κ2) is 9.94. The molecule has 0 bridgehead atoms. The lowest BCUT2D eigenvalue weighted by Gasteiger charge is -2.20. The van der Waals surface area contributed by atoms with Gasteiger partial charge in [0.1, 0.15) is 12.0 Å². The van der Waals surface area contributed by atoms with Gasteiger partial charge in [-0.3, -0.25) is 9.59 Å². The van der Waals surface area contributed by atoms with Gasteiger partial charge in [-0.2, -0.15) is 0 Å². The van der Waals surface area contributed by atoms with E-state index >= 15 is 0 Å². The highest BCUT2D eigenvalue weighted by atomic mass is 16.6. The Kier molecular flexibility index (Phi) is 8.28. The zero-order valence-corrected chi connectivity index (χ0v) is 16.1. The molecule has 1 aromatic rings. The molecule has 0 spiro atoms. The Balaban J connectivity index is 2.37. The van der Waals surface area contributed by atoms with E-state index in [-0.39, 0.29) is 24.7 Å². The number of ketones is 1. The van der Waals surface area contributed by atoms with Crippen LogP contribution in [0.3, 0.4) is 0 Å². The number of nitrogens with one attached hydrogen (secondary N) is 1. The van der Waals surface area contributed by atoms with Gasteiger partial charge in [-0.15, -0.1) is 0 Å². The molecule has 146 valence electrons. The quantitative estimate of drug-likeness (QED) is 0.405. The van der Waals surface area contributed by atoms with Gasteiger partial charge in [0.2, 0.25) is 11.5 Å². The molecule has 8 nitrogen and oxygen atoms in total. The van der Waals surface area contributed by atoms with Crippen molar-refractivity contribution in [2.45, 2.75) is 59.5 Å². The van der Waals surface area contributed by atoms with Crippen molar-refractivity contribution in [1.82, 2.24) is 10.5 Å². The van der Waals surface area contributed by atoms with Crippen molar-refractivity contribution in [2.24, 2.45) is 5.92 Å². The van der Waals surface area contributed by atoms with E-state index in [1.54, 1.807) is 27.7 Å². The second-order valence-corrected chi connectivity index (χ2v) is 7.11. The van der Waals surface area contributed by atoms with Gasteiger partial charge >= 0.3 is 12.1 Å². The van der Waals surface area contributed by atoms with Crippen LogP contribution in [0.5, 0.6) is 0 Å².